The number of carbonyl (C=O) groups excluding carboxylic acids is 1. The summed E-state index contributed by atoms with van der Waals surface area (Å²) in [4.78, 5) is 15.1. The first-order valence-electron chi connectivity index (χ1n) is 10.1. The molecule has 1 unspecified atom stereocenters. The van der Waals surface area contributed by atoms with Gasteiger partial charge < -0.3 is 19.5 Å². The highest BCUT2D eigenvalue weighted by Gasteiger charge is 2.26. The van der Waals surface area contributed by atoms with Gasteiger partial charge in [-0.25, -0.2) is 0 Å². The smallest absolute Gasteiger partial charge is 0.256 e. The number of hydrogen-bond acceptors (Lipinski definition) is 6. The molecule has 1 aromatic carbocycles. The molecule has 1 amide bonds. The van der Waals surface area contributed by atoms with E-state index in [0.717, 1.165) is 18.7 Å². The molecule has 30 heavy (non-hydrogen) atoms. The van der Waals surface area contributed by atoms with Crippen molar-refractivity contribution in [3.8, 4) is 11.5 Å². The van der Waals surface area contributed by atoms with Crippen LogP contribution in [0.1, 0.15) is 34.6 Å². The van der Waals surface area contributed by atoms with Crippen molar-refractivity contribution in [3.05, 3.63) is 40.2 Å². The van der Waals surface area contributed by atoms with Crippen LogP contribution in [-0.2, 0) is 11.8 Å². The van der Waals surface area contributed by atoms with E-state index in [9.17, 15) is 4.79 Å². The molecule has 1 fully saturated rings. The van der Waals surface area contributed by atoms with Gasteiger partial charge in [-0.1, -0.05) is 17.7 Å². The number of benzene rings is 1. The van der Waals surface area contributed by atoms with Crippen LogP contribution in [0.15, 0.2) is 18.2 Å². The fraction of sp³-hybridized carbons (Fsp3) is 0.524. The molecule has 164 valence electrons. The van der Waals surface area contributed by atoms with Gasteiger partial charge in [0.25, 0.3) is 5.91 Å². The molecule has 0 radical (unpaired) electrons. The average molecular weight is 437 g/mol. The molecule has 0 spiro atoms. The Morgan fingerprint density at radius 1 is 1.33 bits per heavy atom. The van der Waals surface area contributed by atoms with Crippen molar-refractivity contribution in [3.63, 3.8) is 0 Å². The number of nitrogens with one attached hydrogen (secondary N) is 1. The Morgan fingerprint density at radius 3 is 2.67 bits per heavy atom. The highest BCUT2D eigenvalue weighted by molar-refractivity contribution is 6.33. The average Bonchev–Trinajstić information content (AvgIpc) is 3.01. The van der Waals surface area contributed by atoms with Gasteiger partial charge in [0.05, 0.1) is 44.2 Å². The van der Waals surface area contributed by atoms with Crippen molar-refractivity contribution >= 4 is 17.5 Å². The predicted octanol–water partition coefficient (Wildman–Crippen LogP) is 2.59. The van der Waals surface area contributed by atoms with Crippen LogP contribution >= 0.6 is 11.6 Å². The molecule has 9 heteroatoms. The maximum absolute atomic E-state index is 12.8. The Hall–Kier alpha value is -2.29. The first-order valence-corrected chi connectivity index (χ1v) is 10.4. The highest BCUT2D eigenvalue weighted by atomic mass is 35.5. The summed E-state index contributed by atoms with van der Waals surface area (Å²) in [5.41, 5.74) is 2.04. The van der Waals surface area contributed by atoms with E-state index in [0.29, 0.717) is 54.3 Å². The van der Waals surface area contributed by atoms with Crippen LogP contribution in [-0.4, -0.2) is 67.2 Å². The lowest BCUT2D eigenvalue weighted by molar-refractivity contribution is 0.0162. The van der Waals surface area contributed by atoms with Crippen LogP contribution in [0.5, 0.6) is 11.5 Å². The van der Waals surface area contributed by atoms with Crippen LogP contribution in [0.3, 0.4) is 0 Å². The third kappa shape index (κ3) is 4.88. The molecule has 1 atom stereocenters. The zero-order chi connectivity index (χ0) is 21.7. The molecule has 1 N–H and O–H groups in total. The van der Waals surface area contributed by atoms with E-state index in [1.807, 2.05) is 25.1 Å². The number of hydrogen-bond donors (Lipinski definition) is 1. The summed E-state index contributed by atoms with van der Waals surface area (Å²) >= 11 is 6.26. The van der Waals surface area contributed by atoms with Crippen LogP contribution in [0.4, 0.5) is 0 Å². The van der Waals surface area contributed by atoms with Gasteiger partial charge in [-0.3, -0.25) is 14.4 Å². The Kier molecular flexibility index (Phi) is 7.58. The lowest BCUT2D eigenvalue weighted by Gasteiger charge is -2.35. The van der Waals surface area contributed by atoms with Crippen molar-refractivity contribution in [2.45, 2.75) is 19.9 Å². The zero-order valence-corrected chi connectivity index (χ0v) is 18.7. The molecule has 1 saturated heterocycles. The molecule has 2 heterocycles. The van der Waals surface area contributed by atoms with Crippen LogP contribution in [0.2, 0.25) is 5.15 Å². The van der Waals surface area contributed by atoms with Gasteiger partial charge in [0.2, 0.25) is 0 Å². The second-order valence-corrected chi connectivity index (χ2v) is 7.45. The van der Waals surface area contributed by atoms with Gasteiger partial charge in [0, 0.05) is 26.7 Å². The minimum absolute atomic E-state index is 0.0434. The Morgan fingerprint density at radius 2 is 2.07 bits per heavy atom. The lowest BCUT2D eigenvalue weighted by Crippen LogP contribution is -2.43. The van der Waals surface area contributed by atoms with E-state index < -0.39 is 0 Å². The highest BCUT2D eigenvalue weighted by Crippen LogP contribution is 2.32. The van der Waals surface area contributed by atoms with Crippen LogP contribution < -0.4 is 14.8 Å². The summed E-state index contributed by atoms with van der Waals surface area (Å²) in [5, 5.41) is 7.59. The number of halogens is 1. The third-order valence-corrected chi connectivity index (χ3v) is 5.63. The fourth-order valence-corrected chi connectivity index (χ4v) is 3.94. The minimum Gasteiger partial charge on any atom is -0.493 e. The molecular weight excluding hydrogens is 408 g/mol. The predicted molar refractivity (Wildman–Crippen MR) is 115 cm³/mol. The number of nitrogens with zero attached hydrogens (tertiary/aromatic N) is 3. The number of morpholine rings is 1. The third-order valence-electron chi connectivity index (χ3n) is 5.19. The second kappa shape index (κ2) is 10.1. The van der Waals surface area contributed by atoms with E-state index in [2.05, 4.69) is 15.3 Å². The first kappa shape index (κ1) is 22.4. The molecular formula is C21H29ClN4O4. The minimum atomic E-state index is -0.234. The van der Waals surface area contributed by atoms with Gasteiger partial charge in [-0.2, -0.15) is 5.10 Å². The quantitative estimate of drug-likeness (QED) is 0.685. The van der Waals surface area contributed by atoms with Gasteiger partial charge in [-0.05, 0) is 31.5 Å². The zero-order valence-electron chi connectivity index (χ0n) is 17.9. The summed E-state index contributed by atoms with van der Waals surface area (Å²) < 4.78 is 18.2. The van der Waals surface area contributed by atoms with Gasteiger partial charge in [-0.15, -0.1) is 0 Å². The summed E-state index contributed by atoms with van der Waals surface area (Å²) in [7, 11) is 3.34. The molecule has 0 bridgehead atoms. The molecule has 1 aromatic heterocycles. The Bertz CT molecular complexity index is 880. The van der Waals surface area contributed by atoms with E-state index in [1.165, 1.54) is 4.68 Å². The maximum Gasteiger partial charge on any atom is 0.256 e. The van der Waals surface area contributed by atoms with E-state index >= 15 is 0 Å². The molecule has 0 saturated carbocycles. The molecule has 1 aliphatic rings. The molecule has 0 aliphatic carbocycles. The number of amides is 1. The normalized spacial score (nSPS) is 15.6. The Labute approximate surface area is 182 Å². The maximum atomic E-state index is 12.8. The molecule has 2 aromatic rings. The largest absolute Gasteiger partial charge is 0.493 e. The lowest BCUT2D eigenvalue weighted by atomic mass is 10.0. The topological polar surface area (TPSA) is 77.9 Å². The van der Waals surface area contributed by atoms with Crippen molar-refractivity contribution < 1.29 is 19.0 Å². The van der Waals surface area contributed by atoms with E-state index in [1.54, 1.807) is 21.1 Å². The van der Waals surface area contributed by atoms with Crippen LogP contribution in [0.25, 0.3) is 0 Å². The van der Waals surface area contributed by atoms with Gasteiger partial charge in [0.1, 0.15) is 5.15 Å². The molecule has 3 rings (SSSR count). The molecule has 8 nitrogen and oxygen atoms in total. The summed E-state index contributed by atoms with van der Waals surface area (Å²) in [6.07, 6.45) is 0. The number of rotatable bonds is 8. The van der Waals surface area contributed by atoms with Crippen molar-refractivity contribution in [1.82, 2.24) is 20.0 Å². The monoisotopic (exact) mass is 436 g/mol. The summed E-state index contributed by atoms with van der Waals surface area (Å²) in [6, 6.07) is 5.86. The van der Waals surface area contributed by atoms with Crippen molar-refractivity contribution in [2.75, 3.05) is 46.6 Å². The number of methoxy groups -OCH3 is 1. The van der Waals surface area contributed by atoms with Gasteiger partial charge in [0.15, 0.2) is 11.5 Å². The SMILES string of the molecule is CCOc1ccc(C(CNC(=O)c2c(C)nn(C)c2Cl)N2CCOCC2)cc1OC. The number of ether oxygens (including phenoxy) is 3. The van der Waals surface area contributed by atoms with Crippen molar-refractivity contribution in [1.29, 1.82) is 0 Å². The summed E-state index contributed by atoms with van der Waals surface area (Å²) in [5.74, 6) is 1.14. The molecule has 1 aliphatic heterocycles. The number of aromatic nitrogens is 2. The van der Waals surface area contributed by atoms with E-state index in [4.69, 9.17) is 25.8 Å². The van der Waals surface area contributed by atoms with Crippen LogP contribution in [0, 0.1) is 6.92 Å². The standard InChI is InChI=1S/C21H29ClN4O4/c1-5-30-17-7-6-15(12-18(17)28-4)16(26-8-10-29-11-9-26)13-23-21(27)19-14(2)24-25(3)20(19)22/h6-7,12,16H,5,8-11,13H2,1-4H3,(H,23,27). The second-order valence-electron chi connectivity index (χ2n) is 7.09. The van der Waals surface area contributed by atoms with Gasteiger partial charge >= 0.3 is 0 Å². The Balaban J connectivity index is 1.83. The fourth-order valence-electron chi connectivity index (χ4n) is 3.68. The number of aryl methyl sites for hydroxylation is 2. The number of carbonyl (C=O) groups is 1. The van der Waals surface area contributed by atoms with E-state index in [-0.39, 0.29) is 11.9 Å². The van der Waals surface area contributed by atoms with Crippen molar-refractivity contribution in [2.24, 2.45) is 7.05 Å². The first-order chi connectivity index (χ1) is 14.5. The summed E-state index contributed by atoms with van der Waals surface area (Å²) in [6.45, 7) is 7.57.